The van der Waals surface area contributed by atoms with Crippen molar-refractivity contribution in [2.45, 2.75) is 199 Å². The molecule has 2 N–H and O–H groups in total. The van der Waals surface area contributed by atoms with Crippen molar-refractivity contribution in [3.8, 4) is 0 Å². The summed E-state index contributed by atoms with van der Waals surface area (Å²) in [5.41, 5.74) is -0.854. The molecular formula is C45H72N4O7S. The summed E-state index contributed by atoms with van der Waals surface area (Å²) in [7, 11) is -3.77. The first-order valence-electron chi connectivity index (χ1n) is 22.8. The van der Waals surface area contributed by atoms with Gasteiger partial charge in [-0.25, -0.2) is 8.42 Å². The van der Waals surface area contributed by atoms with Gasteiger partial charge in [0.1, 0.15) is 0 Å². The summed E-state index contributed by atoms with van der Waals surface area (Å²) in [6.45, 7) is 13.8. The number of ketones is 2. The van der Waals surface area contributed by atoms with E-state index in [0.29, 0.717) is 44.7 Å². The zero-order valence-electron chi connectivity index (χ0n) is 35.8. The van der Waals surface area contributed by atoms with Crippen molar-refractivity contribution >= 4 is 39.3 Å². The zero-order valence-corrected chi connectivity index (χ0v) is 36.7. The van der Waals surface area contributed by atoms with Gasteiger partial charge in [0.15, 0.2) is 11.6 Å². The Labute approximate surface area is 342 Å². The predicted octanol–water partition coefficient (Wildman–Crippen LogP) is 6.47. The Bertz CT molecular complexity index is 1690. The molecule has 2 aliphatic heterocycles. The molecule has 0 aromatic rings. The first kappa shape index (κ1) is 42.8. The van der Waals surface area contributed by atoms with E-state index < -0.39 is 50.5 Å². The third-order valence-electron chi connectivity index (χ3n) is 16.5. The summed E-state index contributed by atoms with van der Waals surface area (Å²) in [5.74, 6) is -2.66. The van der Waals surface area contributed by atoms with E-state index in [0.717, 1.165) is 90.0 Å². The van der Waals surface area contributed by atoms with Crippen LogP contribution in [0.5, 0.6) is 0 Å². The summed E-state index contributed by atoms with van der Waals surface area (Å²) >= 11 is 0. The van der Waals surface area contributed by atoms with Crippen molar-refractivity contribution in [1.82, 2.24) is 19.8 Å². The number of rotatable bonds is 16. The van der Waals surface area contributed by atoms with Gasteiger partial charge in [0, 0.05) is 42.7 Å². The molecule has 6 atom stereocenters. The molecule has 11 nitrogen and oxygen atoms in total. The van der Waals surface area contributed by atoms with E-state index in [9.17, 15) is 27.6 Å². The Balaban J connectivity index is 1.13. The fourth-order valence-electron chi connectivity index (χ4n) is 12.4. The molecule has 5 saturated carbocycles. The summed E-state index contributed by atoms with van der Waals surface area (Å²) in [6, 6.07) is -1.16. The first-order chi connectivity index (χ1) is 26.9. The fraction of sp³-hybridized carbons (Fsp3) is 0.889. The molecule has 7 rings (SSSR count). The number of Topliss-reactive ketones (excluding diaryl/α,β-unsaturated/α-hetero) is 2. The van der Waals surface area contributed by atoms with Crippen LogP contribution in [0, 0.1) is 39.4 Å². The Morgan fingerprint density at radius 1 is 0.807 bits per heavy atom. The predicted molar refractivity (Wildman–Crippen MR) is 219 cm³/mol. The van der Waals surface area contributed by atoms with E-state index in [1.54, 1.807) is 4.90 Å². The number of likely N-dealkylation sites (tertiary alicyclic amines) is 2. The number of carbonyl (C=O) groups is 5. The minimum Gasteiger partial charge on any atom is -0.345 e. The van der Waals surface area contributed by atoms with Gasteiger partial charge in [0.2, 0.25) is 27.7 Å². The number of piperidine rings is 1. The molecule has 0 unspecified atom stereocenters. The monoisotopic (exact) mass is 813 g/mol. The number of hydrogen-bond acceptors (Lipinski definition) is 8. The van der Waals surface area contributed by atoms with Gasteiger partial charge in [0.05, 0.1) is 23.4 Å². The van der Waals surface area contributed by atoms with Crippen molar-refractivity contribution < 1.29 is 32.4 Å². The largest absolute Gasteiger partial charge is 0.345 e. The van der Waals surface area contributed by atoms with Crippen LogP contribution in [0.1, 0.15) is 170 Å². The second kappa shape index (κ2) is 15.9. The van der Waals surface area contributed by atoms with Crippen LogP contribution >= 0.6 is 0 Å². The molecule has 7 fully saturated rings. The number of fused-ring (bicyclic) bond motifs is 1. The van der Waals surface area contributed by atoms with Crippen molar-refractivity contribution in [3.63, 3.8) is 0 Å². The van der Waals surface area contributed by atoms with Crippen LogP contribution in [0.2, 0.25) is 0 Å². The van der Waals surface area contributed by atoms with Gasteiger partial charge >= 0.3 is 0 Å². The van der Waals surface area contributed by atoms with E-state index >= 15 is 4.79 Å². The van der Waals surface area contributed by atoms with E-state index in [2.05, 4.69) is 28.8 Å². The SMILES string of the molecule is CCC[C@H](CC(=O)[C@@H]1C[C@@]2(CN1C(=O)[C@@H](CC(=O)[C@@H](NC(=O)[C@@H]1CCCCN1C1CC1)C1CCCCC1)C(C)(C)C)C(C)(C)C21CCC1)C(=O)NS(=O)(=O)C1CC1. The fourth-order valence-corrected chi connectivity index (χ4v) is 13.8. The van der Waals surface area contributed by atoms with Crippen LogP contribution in [-0.4, -0.2) is 90.0 Å². The van der Waals surface area contributed by atoms with Crippen LogP contribution < -0.4 is 10.0 Å². The standard InChI is InChI=1S/C45H72N4O7S/c1-7-14-30(39(52)47-57(55,56)32-20-21-32)25-36(50)35-27-45(43(5,6)44(45)22-13-23-44)28-49(35)41(54)33(42(2,3)4)26-37(51)38(29-15-9-8-10-16-29)46-40(53)34-17-11-12-24-48(34)31-18-19-31/h29-35,38H,7-28H2,1-6H3,(H,46,53)(H,47,52)/t30-,33-,34+,35+,38+,45-/m1/s1. The third-order valence-corrected chi connectivity index (χ3v) is 18.3. The van der Waals surface area contributed by atoms with Gasteiger partial charge in [-0.1, -0.05) is 80.1 Å². The Morgan fingerprint density at radius 3 is 2.04 bits per heavy atom. The molecule has 0 aromatic carbocycles. The molecule has 2 spiro atoms. The van der Waals surface area contributed by atoms with Crippen LogP contribution in [0.3, 0.4) is 0 Å². The maximum atomic E-state index is 15.3. The molecule has 57 heavy (non-hydrogen) atoms. The maximum absolute atomic E-state index is 15.3. The number of sulfonamides is 1. The Hall–Kier alpha value is -2.34. The summed E-state index contributed by atoms with van der Waals surface area (Å²) in [6.07, 6.45) is 15.7. The summed E-state index contributed by atoms with van der Waals surface area (Å²) in [5, 5.41) is 2.75. The number of nitrogens with zero attached hydrogens (tertiary/aromatic N) is 2. The smallest absolute Gasteiger partial charge is 0.237 e. The van der Waals surface area contributed by atoms with Crippen LogP contribution in [0.25, 0.3) is 0 Å². The molecule has 2 heterocycles. The van der Waals surface area contributed by atoms with Gasteiger partial charge < -0.3 is 10.2 Å². The number of nitrogens with one attached hydrogen (secondary N) is 2. The second-order valence-corrected chi connectivity index (χ2v) is 23.1. The highest BCUT2D eigenvalue weighted by Gasteiger charge is 2.85. The van der Waals surface area contributed by atoms with Gasteiger partial charge in [-0.2, -0.15) is 0 Å². The molecule has 7 aliphatic rings. The van der Waals surface area contributed by atoms with Crippen molar-refractivity contribution in [3.05, 3.63) is 0 Å². The van der Waals surface area contributed by atoms with Crippen LogP contribution in [0.4, 0.5) is 0 Å². The molecule has 2 saturated heterocycles. The topological polar surface area (TPSA) is 150 Å². The minimum atomic E-state index is -3.77. The molecule has 3 amide bonds. The Morgan fingerprint density at radius 2 is 1.47 bits per heavy atom. The maximum Gasteiger partial charge on any atom is 0.237 e. The van der Waals surface area contributed by atoms with E-state index in [1.807, 2.05) is 27.7 Å². The highest BCUT2D eigenvalue weighted by molar-refractivity contribution is 7.90. The molecular weight excluding hydrogens is 741 g/mol. The van der Waals surface area contributed by atoms with Crippen LogP contribution in [-0.2, 0) is 34.0 Å². The number of hydrogen-bond donors (Lipinski definition) is 2. The third kappa shape index (κ3) is 8.02. The average molecular weight is 813 g/mol. The normalized spacial score (nSPS) is 30.3. The lowest BCUT2D eigenvalue weighted by Gasteiger charge is -2.39. The van der Waals surface area contributed by atoms with Crippen molar-refractivity contribution in [1.29, 1.82) is 0 Å². The average Bonchev–Trinajstić information content (AvgIpc) is 4.07. The summed E-state index contributed by atoms with van der Waals surface area (Å²) < 4.78 is 27.8. The molecule has 320 valence electrons. The van der Waals surface area contributed by atoms with E-state index in [-0.39, 0.29) is 64.4 Å². The second-order valence-electron chi connectivity index (χ2n) is 21.1. The molecule has 0 radical (unpaired) electrons. The zero-order chi connectivity index (χ0) is 41.1. The summed E-state index contributed by atoms with van der Waals surface area (Å²) in [4.78, 5) is 76.3. The van der Waals surface area contributed by atoms with Crippen LogP contribution in [0.15, 0.2) is 0 Å². The highest BCUT2D eigenvalue weighted by Crippen LogP contribution is 2.88. The van der Waals surface area contributed by atoms with Gasteiger partial charge in [-0.15, -0.1) is 0 Å². The minimum absolute atomic E-state index is 0.0143. The highest BCUT2D eigenvalue weighted by atomic mass is 32.2. The molecule has 0 bridgehead atoms. The Kier molecular flexibility index (Phi) is 12.0. The molecule has 12 heteroatoms. The van der Waals surface area contributed by atoms with Gasteiger partial charge in [-0.3, -0.25) is 33.6 Å². The van der Waals surface area contributed by atoms with Gasteiger partial charge in [-0.05, 0) is 106 Å². The first-order valence-corrected chi connectivity index (χ1v) is 24.4. The lowest BCUT2D eigenvalue weighted by molar-refractivity contribution is -0.147. The molecule has 5 aliphatic carbocycles. The van der Waals surface area contributed by atoms with Crippen molar-refractivity contribution in [2.75, 3.05) is 13.1 Å². The van der Waals surface area contributed by atoms with Crippen molar-refractivity contribution in [2.24, 2.45) is 39.4 Å². The van der Waals surface area contributed by atoms with Gasteiger partial charge in [0.25, 0.3) is 0 Å². The quantitative estimate of drug-likeness (QED) is 0.180. The van der Waals surface area contributed by atoms with E-state index in [1.165, 1.54) is 0 Å². The molecule has 0 aromatic heterocycles. The lowest BCUT2D eigenvalue weighted by Crippen LogP contribution is -2.56. The number of amides is 3. The van der Waals surface area contributed by atoms with E-state index in [4.69, 9.17) is 0 Å². The number of carbonyl (C=O) groups excluding carboxylic acids is 5. The lowest BCUT2D eigenvalue weighted by atomic mass is 9.73.